The van der Waals surface area contributed by atoms with Crippen molar-refractivity contribution in [3.05, 3.63) is 23.5 Å². The molecule has 1 aromatic heterocycles. The normalized spacial score (nSPS) is 16.9. The van der Waals surface area contributed by atoms with Crippen LogP contribution in [0.4, 0.5) is 0 Å². The van der Waals surface area contributed by atoms with Gasteiger partial charge in [-0.25, -0.2) is 9.11 Å². The summed E-state index contributed by atoms with van der Waals surface area (Å²) in [5, 5.41) is 16.1. The molecule has 2 rings (SSSR count). The van der Waals surface area contributed by atoms with E-state index in [1.54, 1.807) is 0 Å². The van der Waals surface area contributed by atoms with Crippen LogP contribution in [0.3, 0.4) is 0 Å². The van der Waals surface area contributed by atoms with E-state index < -0.39 is 16.2 Å². The fourth-order valence-electron chi connectivity index (χ4n) is 2.59. The third kappa shape index (κ3) is 3.61. The van der Waals surface area contributed by atoms with Crippen molar-refractivity contribution >= 4 is 16.2 Å². The second kappa shape index (κ2) is 6.41. The molecule has 0 aromatic carbocycles. The minimum Gasteiger partial charge on any atom is -0.543 e. The van der Waals surface area contributed by atoms with Gasteiger partial charge < -0.3 is 9.90 Å². The van der Waals surface area contributed by atoms with Crippen molar-refractivity contribution in [1.82, 2.24) is 3.97 Å². The molecule has 0 spiro atoms. The number of hydrogen-bond acceptors (Lipinski definition) is 4. The first kappa shape index (κ1) is 16.7. The standard InChI is InChI=1S/C11H16N2O4S.Na/c12-18(16,17)13-7-6-9(10(13)11(14)15)8-4-2-1-3-5-8;/h6-8H,1-5H2,(H,14,15)(H2,12,16,17);/q;+1/p-1. The summed E-state index contributed by atoms with van der Waals surface area (Å²) < 4.78 is 23.2. The van der Waals surface area contributed by atoms with E-state index in [1.165, 1.54) is 12.3 Å². The number of carboxylic acid groups (broad SMARTS) is 1. The predicted molar refractivity (Wildman–Crippen MR) is 63.1 cm³/mol. The first-order valence-electron chi connectivity index (χ1n) is 5.87. The third-order valence-corrected chi connectivity index (χ3v) is 4.25. The van der Waals surface area contributed by atoms with Gasteiger partial charge in [0.15, 0.2) is 0 Å². The second-order valence-electron chi connectivity index (χ2n) is 4.58. The second-order valence-corrected chi connectivity index (χ2v) is 6.01. The summed E-state index contributed by atoms with van der Waals surface area (Å²) in [6.45, 7) is 0. The Morgan fingerprint density at radius 3 is 2.37 bits per heavy atom. The van der Waals surface area contributed by atoms with Gasteiger partial charge in [-0.05, 0) is 30.4 Å². The van der Waals surface area contributed by atoms with Crippen molar-refractivity contribution in [2.24, 2.45) is 5.14 Å². The molecule has 1 aliphatic rings. The number of carbonyl (C=O) groups is 1. The maximum atomic E-state index is 11.3. The Hall–Kier alpha value is -0.340. The number of carbonyl (C=O) groups excluding carboxylic acids is 1. The van der Waals surface area contributed by atoms with Crippen LogP contribution in [0.2, 0.25) is 0 Å². The Labute approximate surface area is 134 Å². The van der Waals surface area contributed by atoms with Gasteiger partial charge in [-0.3, -0.25) is 0 Å². The smallest absolute Gasteiger partial charge is 0.543 e. The molecule has 0 atom stereocenters. The molecule has 1 aliphatic carbocycles. The van der Waals surface area contributed by atoms with Crippen LogP contribution >= 0.6 is 0 Å². The number of aromatic carboxylic acids is 1. The molecular formula is C11H15N2NaO4S. The Kier molecular flexibility index (Phi) is 5.64. The van der Waals surface area contributed by atoms with Crippen molar-refractivity contribution in [2.45, 2.75) is 38.0 Å². The van der Waals surface area contributed by atoms with Crippen LogP contribution in [0.25, 0.3) is 0 Å². The Morgan fingerprint density at radius 1 is 1.32 bits per heavy atom. The zero-order chi connectivity index (χ0) is 13.3. The van der Waals surface area contributed by atoms with Gasteiger partial charge in [0.2, 0.25) is 0 Å². The molecule has 1 fully saturated rings. The average Bonchev–Trinajstić information content (AvgIpc) is 2.74. The van der Waals surface area contributed by atoms with Gasteiger partial charge in [-0.15, -0.1) is 0 Å². The van der Waals surface area contributed by atoms with Crippen molar-refractivity contribution in [2.75, 3.05) is 0 Å². The van der Waals surface area contributed by atoms with E-state index in [-0.39, 0.29) is 41.2 Å². The summed E-state index contributed by atoms with van der Waals surface area (Å²) >= 11 is 0. The minimum absolute atomic E-state index is 0. The van der Waals surface area contributed by atoms with Crippen LogP contribution in [0.15, 0.2) is 12.3 Å². The van der Waals surface area contributed by atoms with Gasteiger partial charge in [-0.2, -0.15) is 8.42 Å². The van der Waals surface area contributed by atoms with Gasteiger partial charge in [0, 0.05) is 6.20 Å². The summed E-state index contributed by atoms with van der Waals surface area (Å²) in [5.41, 5.74) is 0.188. The number of hydrogen-bond donors (Lipinski definition) is 1. The molecule has 8 heteroatoms. The molecule has 1 aromatic rings. The SMILES string of the molecule is NS(=O)(=O)n1ccc(C2CCCCC2)c1C(=O)[O-].[Na+]. The third-order valence-electron chi connectivity index (χ3n) is 3.40. The molecule has 0 saturated heterocycles. The summed E-state index contributed by atoms with van der Waals surface area (Å²) in [6.07, 6.45) is 6.11. The van der Waals surface area contributed by atoms with Gasteiger partial charge in [0.1, 0.15) is 0 Å². The molecule has 1 heterocycles. The molecule has 19 heavy (non-hydrogen) atoms. The Morgan fingerprint density at radius 2 is 1.89 bits per heavy atom. The van der Waals surface area contributed by atoms with Crippen LogP contribution in [-0.4, -0.2) is 18.4 Å². The monoisotopic (exact) mass is 294 g/mol. The van der Waals surface area contributed by atoms with Crippen molar-refractivity contribution in [3.8, 4) is 0 Å². The molecule has 6 nitrogen and oxygen atoms in total. The van der Waals surface area contributed by atoms with Crippen LogP contribution in [0, 0.1) is 0 Å². The molecule has 2 N–H and O–H groups in total. The van der Waals surface area contributed by atoms with E-state index in [0.717, 1.165) is 32.1 Å². The molecule has 100 valence electrons. The molecule has 0 radical (unpaired) electrons. The number of rotatable bonds is 3. The van der Waals surface area contributed by atoms with Gasteiger partial charge >= 0.3 is 39.8 Å². The van der Waals surface area contributed by atoms with Crippen LogP contribution in [0.5, 0.6) is 0 Å². The Bertz CT molecular complexity index is 561. The molecule has 0 aliphatic heterocycles. The van der Waals surface area contributed by atoms with Crippen molar-refractivity contribution in [1.29, 1.82) is 0 Å². The molecule has 0 bridgehead atoms. The first-order valence-corrected chi connectivity index (χ1v) is 7.37. The van der Waals surface area contributed by atoms with E-state index in [0.29, 0.717) is 9.54 Å². The van der Waals surface area contributed by atoms with Crippen LogP contribution in [-0.2, 0) is 10.2 Å². The van der Waals surface area contributed by atoms with E-state index in [4.69, 9.17) is 5.14 Å². The van der Waals surface area contributed by atoms with Gasteiger partial charge in [-0.1, -0.05) is 19.3 Å². The summed E-state index contributed by atoms with van der Waals surface area (Å²) in [4.78, 5) is 11.1. The molecular weight excluding hydrogens is 279 g/mol. The van der Waals surface area contributed by atoms with E-state index in [2.05, 4.69) is 0 Å². The van der Waals surface area contributed by atoms with Crippen LogP contribution < -0.4 is 39.8 Å². The summed E-state index contributed by atoms with van der Waals surface area (Å²) in [7, 11) is -4.10. The minimum atomic E-state index is -4.10. The molecule has 0 amide bonds. The van der Waals surface area contributed by atoms with Crippen LogP contribution in [0.1, 0.15) is 54.1 Å². The van der Waals surface area contributed by atoms with Crippen molar-refractivity contribution < 1.29 is 47.9 Å². The van der Waals surface area contributed by atoms with Gasteiger partial charge in [0.05, 0.1) is 11.7 Å². The largest absolute Gasteiger partial charge is 1.00 e. The zero-order valence-electron chi connectivity index (χ0n) is 10.8. The van der Waals surface area contributed by atoms with E-state index in [1.807, 2.05) is 0 Å². The number of nitrogens with two attached hydrogens (primary N) is 1. The predicted octanol–water partition coefficient (Wildman–Crippen LogP) is -3.05. The van der Waals surface area contributed by atoms with E-state index >= 15 is 0 Å². The summed E-state index contributed by atoms with van der Waals surface area (Å²) in [5.74, 6) is -1.43. The quantitative estimate of drug-likeness (QED) is 0.598. The molecule has 1 saturated carbocycles. The zero-order valence-corrected chi connectivity index (χ0v) is 13.6. The fraction of sp³-hybridized carbons (Fsp3) is 0.545. The Balaban J connectivity index is 0.00000180. The van der Waals surface area contributed by atoms with Gasteiger partial charge in [0.25, 0.3) is 0 Å². The van der Waals surface area contributed by atoms with E-state index in [9.17, 15) is 18.3 Å². The molecule has 0 unspecified atom stereocenters. The first-order chi connectivity index (χ1) is 8.41. The maximum absolute atomic E-state index is 11.3. The topological polar surface area (TPSA) is 105 Å². The number of aromatic nitrogens is 1. The fourth-order valence-corrected chi connectivity index (χ4v) is 3.26. The van der Waals surface area contributed by atoms with Crippen molar-refractivity contribution in [3.63, 3.8) is 0 Å². The summed E-state index contributed by atoms with van der Waals surface area (Å²) in [6, 6.07) is 1.52. The number of nitrogens with zero attached hydrogens (tertiary/aromatic N) is 1. The average molecular weight is 294 g/mol. The number of carboxylic acids is 1. The maximum Gasteiger partial charge on any atom is 1.00 e.